The van der Waals surface area contributed by atoms with Crippen molar-refractivity contribution in [1.82, 2.24) is 20.4 Å². The van der Waals surface area contributed by atoms with Crippen molar-refractivity contribution in [3.63, 3.8) is 0 Å². The van der Waals surface area contributed by atoms with Crippen molar-refractivity contribution in [2.45, 2.75) is 20.4 Å². The molecule has 0 amide bonds. The fourth-order valence-corrected chi connectivity index (χ4v) is 1.65. The molecule has 0 spiro atoms. The minimum atomic E-state index is 0.530. The molecule has 2 rings (SSSR count). The van der Waals surface area contributed by atoms with Crippen LogP contribution in [0.2, 0.25) is 0 Å². The van der Waals surface area contributed by atoms with E-state index in [4.69, 9.17) is 4.52 Å². The zero-order chi connectivity index (χ0) is 13.0. The molecular weight excluding hydrogens is 228 g/mol. The van der Waals surface area contributed by atoms with Gasteiger partial charge in [0.05, 0.1) is 6.54 Å². The highest BCUT2D eigenvalue weighted by Crippen LogP contribution is 2.18. The van der Waals surface area contributed by atoms with Crippen molar-refractivity contribution in [1.29, 1.82) is 0 Å². The van der Waals surface area contributed by atoms with Crippen LogP contribution in [-0.4, -0.2) is 21.7 Å². The lowest BCUT2D eigenvalue weighted by Crippen LogP contribution is -2.12. The van der Waals surface area contributed by atoms with E-state index >= 15 is 0 Å². The number of nitrogens with one attached hydrogen (secondary N) is 1. The lowest BCUT2D eigenvalue weighted by Gasteiger charge is -2.00. The SMILES string of the molecule is C=CCNCc1nc(-c2ncc(C)cc2C)no1. The van der Waals surface area contributed by atoms with Gasteiger partial charge in [-0.2, -0.15) is 4.98 Å². The number of hydrogen-bond acceptors (Lipinski definition) is 5. The predicted octanol–water partition coefficient (Wildman–Crippen LogP) is 2.02. The largest absolute Gasteiger partial charge is 0.337 e. The third kappa shape index (κ3) is 2.81. The van der Waals surface area contributed by atoms with Crippen molar-refractivity contribution < 1.29 is 4.52 Å². The average Bonchev–Trinajstić information content (AvgIpc) is 2.78. The molecule has 0 bridgehead atoms. The molecule has 0 fully saturated rings. The van der Waals surface area contributed by atoms with Gasteiger partial charge < -0.3 is 9.84 Å². The number of rotatable bonds is 5. The molecule has 0 saturated heterocycles. The highest BCUT2D eigenvalue weighted by atomic mass is 16.5. The number of aryl methyl sites for hydroxylation is 2. The van der Waals surface area contributed by atoms with E-state index in [-0.39, 0.29) is 0 Å². The summed E-state index contributed by atoms with van der Waals surface area (Å²) < 4.78 is 5.15. The number of nitrogens with zero attached hydrogens (tertiary/aromatic N) is 3. The van der Waals surface area contributed by atoms with Crippen LogP contribution in [0.25, 0.3) is 11.5 Å². The van der Waals surface area contributed by atoms with Crippen LogP contribution in [-0.2, 0) is 6.54 Å². The molecule has 0 radical (unpaired) electrons. The second kappa shape index (κ2) is 5.55. The van der Waals surface area contributed by atoms with Crippen molar-refractivity contribution in [2.24, 2.45) is 0 Å². The van der Waals surface area contributed by atoms with Crippen LogP contribution >= 0.6 is 0 Å². The van der Waals surface area contributed by atoms with Crippen LogP contribution in [0.15, 0.2) is 29.4 Å². The molecule has 5 heteroatoms. The molecule has 1 N–H and O–H groups in total. The second-order valence-electron chi connectivity index (χ2n) is 4.11. The highest BCUT2D eigenvalue weighted by Gasteiger charge is 2.11. The standard InChI is InChI=1S/C13H16N4O/c1-4-5-14-8-11-16-13(17-18-11)12-10(3)6-9(2)7-15-12/h4,6-7,14H,1,5,8H2,2-3H3. The fourth-order valence-electron chi connectivity index (χ4n) is 1.65. The van der Waals surface area contributed by atoms with Gasteiger partial charge in [0.25, 0.3) is 0 Å². The normalized spacial score (nSPS) is 10.6. The summed E-state index contributed by atoms with van der Waals surface area (Å²) in [5.41, 5.74) is 2.92. The van der Waals surface area contributed by atoms with E-state index in [1.54, 1.807) is 12.3 Å². The van der Waals surface area contributed by atoms with E-state index in [0.29, 0.717) is 24.8 Å². The predicted molar refractivity (Wildman–Crippen MR) is 68.9 cm³/mol. The van der Waals surface area contributed by atoms with Crippen molar-refractivity contribution in [3.8, 4) is 11.5 Å². The number of hydrogen-bond donors (Lipinski definition) is 1. The Morgan fingerprint density at radius 1 is 1.44 bits per heavy atom. The summed E-state index contributed by atoms with van der Waals surface area (Å²) in [6, 6.07) is 2.05. The van der Waals surface area contributed by atoms with Gasteiger partial charge in [-0.25, -0.2) is 0 Å². The molecular formula is C13H16N4O. The number of pyridine rings is 1. The van der Waals surface area contributed by atoms with Gasteiger partial charge in [-0.3, -0.25) is 4.98 Å². The Labute approximate surface area is 106 Å². The van der Waals surface area contributed by atoms with Gasteiger partial charge in [-0.05, 0) is 25.0 Å². The third-order valence-corrected chi connectivity index (χ3v) is 2.46. The molecule has 0 saturated carbocycles. The monoisotopic (exact) mass is 244 g/mol. The topological polar surface area (TPSA) is 63.8 Å². The Morgan fingerprint density at radius 3 is 3.00 bits per heavy atom. The van der Waals surface area contributed by atoms with Crippen LogP contribution in [0.3, 0.4) is 0 Å². The van der Waals surface area contributed by atoms with Crippen LogP contribution in [0.4, 0.5) is 0 Å². The maximum absolute atomic E-state index is 5.15. The van der Waals surface area contributed by atoms with Gasteiger partial charge in [-0.15, -0.1) is 6.58 Å². The highest BCUT2D eigenvalue weighted by molar-refractivity contribution is 5.53. The van der Waals surface area contributed by atoms with Crippen LogP contribution in [0.5, 0.6) is 0 Å². The first kappa shape index (κ1) is 12.4. The van der Waals surface area contributed by atoms with E-state index in [1.165, 1.54) is 0 Å². The molecule has 0 aliphatic carbocycles. The maximum atomic E-state index is 5.15. The van der Waals surface area contributed by atoms with Crippen LogP contribution in [0, 0.1) is 13.8 Å². The Balaban J connectivity index is 2.16. The average molecular weight is 244 g/mol. The maximum Gasteiger partial charge on any atom is 0.240 e. The second-order valence-corrected chi connectivity index (χ2v) is 4.11. The molecule has 0 aliphatic rings. The van der Waals surface area contributed by atoms with Gasteiger partial charge in [0.1, 0.15) is 5.69 Å². The Kier molecular flexibility index (Phi) is 3.84. The van der Waals surface area contributed by atoms with Gasteiger partial charge in [0.15, 0.2) is 0 Å². The minimum absolute atomic E-state index is 0.530. The smallest absolute Gasteiger partial charge is 0.240 e. The van der Waals surface area contributed by atoms with Crippen molar-refractivity contribution in [3.05, 3.63) is 41.9 Å². The summed E-state index contributed by atoms with van der Waals surface area (Å²) in [5, 5.41) is 7.05. The summed E-state index contributed by atoms with van der Waals surface area (Å²) in [5.74, 6) is 1.08. The molecule has 94 valence electrons. The summed E-state index contributed by atoms with van der Waals surface area (Å²) in [7, 11) is 0. The molecule has 18 heavy (non-hydrogen) atoms. The zero-order valence-corrected chi connectivity index (χ0v) is 10.6. The first-order chi connectivity index (χ1) is 8.70. The van der Waals surface area contributed by atoms with E-state index in [2.05, 4.69) is 27.0 Å². The summed E-state index contributed by atoms with van der Waals surface area (Å²) in [6.07, 6.45) is 3.58. The fraction of sp³-hybridized carbons (Fsp3) is 0.308. The van der Waals surface area contributed by atoms with Crippen LogP contribution < -0.4 is 5.32 Å². The summed E-state index contributed by atoms with van der Waals surface area (Å²) >= 11 is 0. The van der Waals surface area contributed by atoms with E-state index in [0.717, 1.165) is 16.8 Å². The Hall–Kier alpha value is -2.01. The molecule has 0 unspecified atom stereocenters. The minimum Gasteiger partial charge on any atom is -0.337 e. The Morgan fingerprint density at radius 2 is 2.28 bits per heavy atom. The van der Waals surface area contributed by atoms with Gasteiger partial charge in [0.2, 0.25) is 11.7 Å². The van der Waals surface area contributed by atoms with E-state index < -0.39 is 0 Å². The molecule has 2 aromatic rings. The molecule has 0 aromatic carbocycles. The van der Waals surface area contributed by atoms with Crippen molar-refractivity contribution >= 4 is 0 Å². The number of aromatic nitrogens is 3. The van der Waals surface area contributed by atoms with E-state index in [1.807, 2.05) is 19.9 Å². The first-order valence-corrected chi connectivity index (χ1v) is 5.78. The molecule has 2 heterocycles. The molecule has 0 atom stereocenters. The molecule has 0 aliphatic heterocycles. The first-order valence-electron chi connectivity index (χ1n) is 5.78. The van der Waals surface area contributed by atoms with Crippen LogP contribution in [0.1, 0.15) is 17.0 Å². The molecule has 5 nitrogen and oxygen atoms in total. The lowest BCUT2D eigenvalue weighted by molar-refractivity contribution is 0.370. The van der Waals surface area contributed by atoms with Gasteiger partial charge in [-0.1, -0.05) is 17.3 Å². The van der Waals surface area contributed by atoms with Gasteiger partial charge >= 0.3 is 0 Å². The Bertz CT molecular complexity index is 548. The van der Waals surface area contributed by atoms with E-state index in [9.17, 15) is 0 Å². The van der Waals surface area contributed by atoms with Crippen molar-refractivity contribution in [2.75, 3.05) is 6.54 Å². The molecule has 2 aromatic heterocycles. The lowest BCUT2D eigenvalue weighted by atomic mass is 10.1. The third-order valence-electron chi connectivity index (χ3n) is 2.46. The quantitative estimate of drug-likeness (QED) is 0.644. The summed E-state index contributed by atoms with van der Waals surface area (Å²) in [6.45, 7) is 8.86. The van der Waals surface area contributed by atoms with Gasteiger partial charge in [0, 0.05) is 12.7 Å². The summed E-state index contributed by atoms with van der Waals surface area (Å²) in [4.78, 5) is 8.64. The zero-order valence-electron chi connectivity index (χ0n) is 10.6.